The summed E-state index contributed by atoms with van der Waals surface area (Å²) < 4.78 is 2.57. The molecule has 0 aromatic heterocycles. The molecule has 0 unspecified atom stereocenters. The number of hydrogen-bond donors (Lipinski definition) is 1. The average Bonchev–Trinajstić information content (AvgIpc) is 1.88. The van der Waals surface area contributed by atoms with E-state index in [-0.39, 0.29) is 6.61 Å². The SMILES string of the molecule is CCCCOC(Cl)(Cl)C(=O)O. The zero-order valence-electron chi connectivity index (χ0n) is 6.14. The van der Waals surface area contributed by atoms with Gasteiger partial charge in [0.2, 0.25) is 0 Å². The highest BCUT2D eigenvalue weighted by atomic mass is 35.5. The summed E-state index contributed by atoms with van der Waals surface area (Å²) in [6.45, 7) is 2.21. The van der Waals surface area contributed by atoms with Gasteiger partial charge in [-0.1, -0.05) is 36.5 Å². The second-order valence-electron chi connectivity index (χ2n) is 2.02. The first kappa shape index (κ1) is 11.0. The first-order valence-corrected chi connectivity index (χ1v) is 4.01. The van der Waals surface area contributed by atoms with E-state index >= 15 is 0 Å². The number of aliphatic carboxylic acids is 1. The number of rotatable bonds is 5. The quantitative estimate of drug-likeness (QED) is 0.546. The van der Waals surface area contributed by atoms with Crippen molar-refractivity contribution >= 4 is 29.2 Å². The van der Waals surface area contributed by atoms with Crippen molar-refractivity contribution in [1.82, 2.24) is 0 Å². The van der Waals surface area contributed by atoms with Gasteiger partial charge >= 0.3 is 10.5 Å². The maximum Gasteiger partial charge on any atom is 0.368 e. The van der Waals surface area contributed by atoms with E-state index in [0.717, 1.165) is 12.8 Å². The number of alkyl halides is 2. The highest BCUT2D eigenvalue weighted by Crippen LogP contribution is 2.22. The van der Waals surface area contributed by atoms with Crippen molar-refractivity contribution in [2.45, 2.75) is 24.3 Å². The van der Waals surface area contributed by atoms with Crippen molar-refractivity contribution in [3.8, 4) is 0 Å². The van der Waals surface area contributed by atoms with Crippen molar-refractivity contribution in [3.05, 3.63) is 0 Å². The monoisotopic (exact) mass is 200 g/mol. The first-order chi connectivity index (χ1) is 5.00. The summed E-state index contributed by atoms with van der Waals surface area (Å²) in [5, 5.41) is 8.35. The molecule has 0 aliphatic carbocycles. The molecule has 11 heavy (non-hydrogen) atoms. The van der Waals surface area contributed by atoms with Crippen LogP contribution in [-0.2, 0) is 9.53 Å². The molecule has 0 bridgehead atoms. The molecular formula is C6H10Cl2O3. The van der Waals surface area contributed by atoms with Gasteiger partial charge in [-0.15, -0.1) is 0 Å². The molecule has 66 valence electrons. The summed E-state index contributed by atoms with van der Waals surface area (Å²) in [4.78, 5) is 10.2. The maximum absolute atomic E-state index is 10.2. The fourth-order valence-corrected chi connectivity index (χ4v) is 0.561. The number of unbranched alkanes of at least 4 members (excludes halogenated alkanes) is 1. The van der Waals surface area contributed by atoms with Crippen LogP contribution in [0.3, 0.4) is 0 Å². The van der Waals surface area contributed by atoms with E-state index in [9.17, 15) is 4.79 Å². The van der Waals surface area contributed by atoms with Crippen LogP contribution in [0.15, 0.2) is 0 Å². The third-order valence-electron chi connectivity index (χ3n) is 1.03. The normalized spacial score (nSPS) is 11.5. The Labute approximate surface area is 75.2 Å². The molecule has 0 fully saturated rings. The minimum Gasteiger partial charge on any atom is -0.477 e. The van der Waals surface area contributed by atoms with Gasteiger partial charge in [0.25, 0.3) is 0 Å². The van der Waals surface area contributed by atoms with Gasteiger partial charge in [-0.2, -0.15) is 0 Å². The molecule has 0 heterocycles. The molecule has 0 aromatic rings. The van der Waals surface area contributed by atoms with Gasteiger partial charge in [0.1, 0.15) is 0 Å². The van der Waals surface area contributed by atoms with Crippen LogP contribution < -0.4 is 0 Å². The Hall–Kier alpha value is 0.01000. The van der Waals surface area contributed by atoms with Crippen LogP contribution in [0, 0.1) is 0 Å². The lowest BCUT2D eigenvalue weighted by atomic mass is 10.4. The Bertz CT molecular complexity index is 136. The Morgan fingerprint density at radius 2 is 2.18 bits per heavy atom. The number of ether oxygens (including phenoxy) is 1. The second kappa shape index (κ2) is 4.80. The van der Waals surface area contributed by atoms with E-state index in [2.05, 4.69) is 4.74 Å². The summed E-state index contributed by atoms with van der Waals surface area (Å²) in [7, 11) is 0. The van der Waals surface area contributed by atoms with Gasteiger partial charge in [0.15, 0.2) is 0 Å². The highest BCUT2D eigenvalue weighted by Gasteiger charge is 2.34. The van der Waals surface area contributed by atoms with Crippen molar-refractivity contribution in [1.29, 1.82) is 0 Å². The standard InChI is InChI=1S/C6H10Cl2O3/c1-2-3-4-11-6(7,8)5(9)10/h2-4H2,1H3,(H,9,10). The topological polar surface area (TPSA) is 46.5 Å². The number of carboxylic acid groups (broad SMARTS) is 1. The summed E-state index contributed by atoms with van der Waals surface area (Å²) in [6, 6.07) is 0. The first-order valence-electron chi connectivity index (χ1n) is 3.26. The van der Waals surface area contributed by atoms with Crippen LogP contribution in [0.25, 0.3) is 0 Å². The average molecular weight is 201 g/mol. The Kier molecular flexibility index (Phi) is 4.81. The van der Waals surface area contributed by atoms with Crippen LogP contribution in [0.5, 0.6) is 0 Å². The molecule has 0 spiro atoms. The molecule has 0 aliphatic heterocycles. The van der Waals surface area contributed by atoms with Crippen LogP contribution in [-0.4, -0.2) is 22.2 Å². The molecule has 1 N–H and O–H groups in total. The zero-order chi connectivity index (χ0) is 8.91. The van der Waals surface area contributed by atoms with Crippen LogP contribution in [0.4, 0.5) is 0 Å². The smallest absolute Gasteiger partial charge is 0.368 e. The Balaban J connectivity index is 3.64. The van der Waals surface area contributed by atoms with E-state index < -0.39 is 10.5 Å². The number of halogens is 2. The van der Waals surface area contributed by atoms with Crippen molar-refractivity contribution in [2.75, 3.05) is 6.61 Å². The number of carboxylic acids is 1. The van der Waals surface area contributed by atoms with Crippen molar-refractivity contribution in [2.24, 2.45) is 0 Å². The molecule has 0 saturated heterocycles. The van der Waals surface area contributed by atoms with Gasteiger partial charge in [0, 0.05) is 0 Å². The van der Waals surface area contributed by atoms with Gasteiger partial charge in [-0.25, -0.2) is 4.79 Å². The lowest BCUT2D eigenvalue weighted by Crippen LogP contribution is -2.29. The largest absolute Gasteiger partial charge is 0.477 e. The number of hydrogen-bond acceptors (Lipinski definition) is 2. The molecule has 0 rings (SSSR count). The maximum atomic E-state index is 10.2. The highest BCUT2D eigenvalue weighted by molar-refractivity contribution is 6.56. The Morgan fingerprint density at radius 1 is 1.64 bits per heavy atom. The van der Waals surface area contributed by atoms with Crippen LogP contribution >= 0.6 is 23.2 Å². The fourth-order valence-electron chi connectivity index (χ4n) is 0.406. The second-order valence-corrected chi connectivity index (χ2v) is 3.28. The summed E-state index contributed by atoms with van der Waals surface area (Å²) >= 11 is 10.5. The fraction of sp³-hybridized carbons (Fsp3) is 0.833. The summed E-state index contributed by atoms with van der Waals surface area (Å²) in [6.07, 6.45) is 1.65. The Morgan fingerprint density at radius 3 is 2.55 bits per heavy atom. The number of carbonyl (C=O) groups is 1. The van der Waals surface area contributed by atoms with E-state index in [0.29, 0.717) is 0 Å². The van der Waals surface area contributed by atoms with Crippen molar-refractivity contribution < 1.29 is 14.6 Å². The minimum atomic E-state index is -2.09. The minimum absolute atomic E-state index is 0.260. The van der Waals surface area contributed by atoms with E-state index in [4.69, 9.17) is 28.3 Å². The third-order valence-corrected chi connectivity index (χ3v) is 1.57. The van der Waals surface area contributed by atoms with Gasteiger partial charge in [0.05, 0.1) is 6.61 Å². The van der Waals surface area contributed by atoms with Crippen LogP contribution in [0.2, 0.25) is 0 Å². The van der Waals surface area contributed by atoms with E-state index in [1.807, 2.05) is 6.92 Å². The van der Waals surface area contributed by atoms with Crippen molar-refractivity contribution in [3.63, 3.8) is 0 Å². The molecule has 0 saturated carbocycles. The van der Waals surface area contributed by atoms with E-state index in [1.165, 1.54) is 0 Å². The van der Waals surface area contributed by atoms with E-state index in [1.54, 1.807) is 0 Å². The van der Waals surface area contributed by atoms with Crippen LogP contribution in [0.1, 0.15) is 19.8 Å². The lowest BCUT2D eigenvalue weighted by molar-refractivity contribution is -0.148. The lowest BCUT2D eigenvalue weighted by Gasteiger charge is -2.13. The molecule has 0 amide bonds. The molecule has 3 nitrogen and oxygen atoms in total. The van der Waals surface area contributed by atoms with Gasteiger partial charge in [-0.05, 0) is 6.42 Å². The molecule has 0 aliphatic rings. The summed E-state index contributed by atoms with van der Waals surface area (Å²) in [5.74, 6) is -1.38. The third kappa shape index (κ3) is 4.45. The van der Waals surface area contributed by atoms with Gasteiger partial charge < -0.3 is 9.84 Å². The molecule has 0 radical (unpaired) electrons. The summed E-state index contributed by atoms with van der Waals surface area (Å²) in [5.41, 5.74) is 0. The van der Waals surface area contributed by atoms with Gasteiger partial charge in [-0.3, -0.25) is 0 Å². The molecule has 5 heteroatoms. The predicted molar refractivity (Wildman–Crippen MR) is 42.9 cm³/mol. The molecule has 0 atom stereocenters. The zero-order valence-corrected chi connectivity index (χ0v) is 7.65. The molecule has 0 aromatic carbocycles. The predicted octanol–water partition coefficient (Wildman–Crippen LogP) is 2.02. The molecular weight excluding hydrogens is 191 g/mol.